The van der Waals surface area contributed by atoms with Crippen molar-refractivity contribution in [3.05, 3.63) is 40.4 Å². The summed E-state index contributed by atoms with van der Waals surface area (Å²) in [7, 11) is 0. The second-order valence-electron chi connectivity index (χ2n) is 5.99. The second kappa shape index (κ2) is 6.26. The first kappa shape index (κ1) is 15.2. The molecule has 6 nitrogen and oxygen atoms in total. The Morgan fingerprint density at radius 2 is 2.08 bits per heavy atom. The molecule has 3 aromatic rings. The van der Waals surface area contributed by atoms with Crippen LogP contribution in [0.2, 0.25) is 0 Å². The number of benzene rings is 1. The van der Waals surface area contributed by atoms with Gasteiger partial charge in [0, 0.05) is 36.5 Å². The first-order valence-corrected chi connectivity index (χ1v) is 8.88. The number of hydrogen-bond acceptors (Lipinski definition) is 6. The normalized spacial score (nSPS) is 15.8. The molecule has 2 aromatic heterocycles. The average Bonchev–Trinajstić information content (AvgIpc) is 3.06. The van der Waals surface area contributed by atoms with Gasteiger partial charge in [-0.05, 0) is 12.5 Å². The molecule has 5 N–H and O–H groups in total. The zero-order valence-electron chi connectivity index (χ0n) is 13.3. The molecular formula is C17H20N6S. The molecule has 0 spiro atoms. The molecule has 0 unspecified atom stereocenters. The summed E-state index contributed by atoms with van der Waals surface area (Å²) in [6, 6.07) is 6.06. The number of para-hydroxylation sites is 1. The second-order valence-corrected chi connectivity index (χ2v) is 7.11. The fourth-order valence-electron chi connectivity index (χ4n) is 3.15. The summed E-state index contributed by atoms with van der Waals surface area (Å²) >= 11 is 1.63. The van der Waals surface area contributed by atoms with E-state index >= 15 is 0 Å². The van der Waals surface area contributed by atoms with Gasteiger partial charge in [-0.25, -0.2) is 9.97 Å². The maximum Gasteiger partial charge on any atom is 0.198 e. The topological polar surface area (TPSA) is 96.8 Å². The predicted molar refractivity (Wildman–Crippen MR) is 99.9 cm³/mol. The summed E-state index contributed by atoms with van der Waals surface area (Å²) in [5.74, 6) is 0.455. The number of hydrogen-bond donors (Lipinski definition) is 3. The standard InChI is InChI=1S/C17H20N6S/c18-16-20-13-5-1-3-11(15(13)22-16)4-2-8-23-9-6-12-14(7-10-23)24-17(19)21-12/h1-5H,6-10H2,(H2,19,21)(H3,18,20,22)/b4-2+. The summed E-state index contributed by atoms with van der Waals surface area (Å²) in [5, 5.41) is 0.694. The quantitative estimate of drug-likeness (QED) is 0.680. The fraction of sp³-hybridized carbons (Fsp3) is 0.294. The molecule has 0 radical (unpaired) electrons. The molecule has 0 saturated heterocycles. The Morgan fingerprint density at radius 1 is 1.21 bits per heavy atom. The molecule has 3 heterocycles. The van der Waals surface area contributed by atoms with E-state index in [-0.39, 0.29) is 0 Å². The summed E-state index contributed by atoms with van der Waals surface area (Å²) in [6.07, 6.45) is 6.33. The Kier molecular flexibility index (Phi) is 3.95. The van der Waals surface area contributed by atoms with E-state index in [9.17, 15) is 0 Å². The van der Waals surface area contributed by atoms with Crippen molar-refractivity contribution >= 4 is 39.5 Å². The van der Waals surface area contributed by atoms with E-state index < -0.39 is 0 Å². The minimum Gasteiger partial charge on any atom is -0.375 e. The van der Waals surface area contributed by atoms with Crippen molar-refractivity contribution < 1.29 is 0 Å². The molecule has 1 aliphatic heterocycles. The average molecular weight is 340 g/mol. The number of rotatable bonds is 3. The van der Waals surface area contributed by atoms with Crippen molar-refractivity contribution in [3.63, 3.8) is 0 Å². The molecule has 1 aliphatic rings. The van der Waals surface area contributed by atoms with Crippen LogP contribution in [0.4, 0.5) is 11.1 Å². The molecule has 0 bridgehead atoms. The van der Waals surface area contributed by atoms with Gasteiger partial charge in [-0.2, -0.15) is 0 Å². The summed E-state index contributed by atoms with van der Waals surface area (Å²) in [5.41, 5.74) is 15.7. The third-order valence-corrected chi connectivity index (χ3v) is 5.32. The number of nitrogens with zero attached hydrogens (tertiary/aromatic N) is 3. The zero-order chi connectivity index (χ0) is 16.5. The van der Waals surface area contributed by atoms with Crippen LogP contribution in [0, 0.1) is 0 Å². The van der Waals surface area contributed by atoms with Gasteiger partial charge in [0.2, 0.25) is 0 Å². The highest BCUT2D eigenvalue weighted by Crippen LogP contribution is 2.24. The summed E-state index contributed by atoms with van der Waals surface area (Å²) < 4.78 is 0. The van der Waals surface area contributed by atoms with Crippen molar-refractivity contribution in [2.45, 2.75) is 12.8 Å². The highest BCUT2D eigenvalue weighted by Gasteiger charge is 2.16. The van der Waals surface area contributed by atoms with Gasteiger partial charge in [-0.1, -0.05) is 24.3 Å². The molecule has 124 valence electrons. The number of nitrogens with one attached hydrogen (secondary N) is 1. The maximum absolute atomic E-state index is 5.80. The summed E-state index contributed by atoms with van der Waals surface area (Å²) in [4.78, 5) is 15.7. The largest absolute Gasteiger partial charge is 0.375 e. The Morgan fingerprint density at radius 3 is 3.00 bits per heavy atom. The minimum absolute atomic E-state index is 0.455. The first-order chi connectivity index (χ1) is 11.7. The van der Waals surface area contributed by atoms with Gasteiger partial charge in [-0.3, -0.25) is 4.90 Å². The SMILES string of the molecule is Nc1nc2c(/C=C/CN3CCc4nc(N)sc4CC3)cccc2[nH]1. The molecule has 7 heteroatoms. The Balaban J connectivity index is 1.43. The van der Waals surface area contributed by atoms with Crippen LogP contribution in [0.3, 0.4) is 0 Å². The zero-order valence-corrected chi connectivity index (χ0v) is 14.1. The Labute approximate surface area is 144 Å². The number of imidazole rings is 1. The minimum atomic E-state index is 0.455. The number of nitrogen functional groups attached to an aromatic ring is 2. The molecule has 0 amide bonds. The number of fused-ring (bicyclic) bond motifs is 2. The predicted octanol–water partition coefficient (Wildman–Crippen LogP) is 2.30. The maximum atomic E-state index is 5.80. The monoisotopic (exact) mass is 340 g/mol. The van der Waals surface area contributed by atoms with Crippen molar-refractivity contribution in [2.75, 3.05) is 31.1 Å². The van der Waals surface area contributed by atoms with Gasteiger partial charge < -0.3 is 16.5 Å². The van der Waals surface area contributed by atoms with Crippen LogP contribution in [-0.2, 0) is 12.8 Å². The lowest BCUT2D eigenvalue weighted by molar-refractivity contribution is 0.318. The van der Waals surface area contributed by atoms with E-state index in [0.29, 0.717) is 11.1 Å². The van der Waals surface area contributed by atoms with E-state index in [2.05, 4.69) is 38.1 Å². The number of anilines is 2. The molecule has 24 heavy (non-hydrogen) atoms. The molecule has 1 aromatic carbocycles. The van der Waals surface area contributed by atoms with E-state index in [4.69, 9.17) is 11.5 Å². The van der Waals surface area contributed by atoms with Crippen LogP contribution < -0.4 is 11.5 Å². The first-order valence-electron chi connectivity index (χ1n) is 8.06. The third-order valence-electron chi connectivity index (χ3n) is 4.34. The van der Waals surface area contributed by atoms with Gasteiger partial charge in [0.15, 0.2) is 11.1 Å². The molecule has 0 fully saturated rings. The van der Waals surface area contributed by atoms with Gasteiger partial charge >= 0.3 is 0 Å². The molecule has 0 atom stereocenters. The molecular weight excluding hydrogens is 320 g/mol. The lowest BCUT2D eigenvalue weighted by Gasteiger charge is -2.17. The molecule has 0 aliphatic carbocycles. The van der Waals surface area contributed by atoms with Gasteiger partial charge in [-0.15, -0.1) is 11.3 Å². The number of aromatic nitrogens is 3. The highest BCUT2D eigenvalue weighted by atomic mass is 32.1. The third kappa shape index (κ3) is 3.00. The molecule has 4 rings (SSSR count). The van der Waals surface area contributed by atoms with Crippen molar-refractivity contribution in [3.8, 4) is 0 Å². The number of H-pyrrole nitrogens is 1. The van der Waals surface area contributed by atoms with Gasteiger partial charge in [0.1, 0.15) is 0 Å². The highest BCUT2D eigenvalue weighted by molar-refractivity contribution is 7.15. The van der Waals surface area contributed by atoms with Gasteiger partial charge in [0.05, 0.1) is 16.7 Å². The van der Waals surface area contributed by atoms with Crippen LogP contribution in [0.1, 0.15) is 16.1 Å². The van der Waals surface area contributed by atoms with Crippen LogP contribution in [0.5, 0.6) is 0 Å². The smallest absolute Gasteiger partial charge is 0.198 e. The lowest BCUT2D eigenvalue weighted by atomic mass is 10.1. The summed E-state index contributed by atoms with van der Waals surface area (Å²) in [6.45, 7) is 2.97. The van der Waals surface area contributed by atoms with E-state index in [0.717, 1.165) is 49.1 Å². The van der Waals surface area contributed by atoms with E-state index in [1.807, 2.05) is 12.1 Å². The fourth-order valence-corrected chi connectivity index (χ4v) is 4.02. The molecule has 0 saturated carbocycles. The van der Waals surface area contributed by atoms with Crippen LogP contribution in [0.25, 0.3) is 17.1 Å². The number of aromatic amines is 1. The van der Waals surface area contributed by atoms with E-state index in [1.54, 1.807) is 11.3 Å². The Hall–Kier alpha value is -2.38. The Bertz CT molecular complexity index is 868. The van der Waals surface area contributed by atoms with Crippen LogP contribution in [0.15, 0.2) is 24.3 Å². The number of nitrogens with two attached hydrogens (primary N) is 2. The van der Waals surface area contributed by atoms with Crippen molar-refractivity contribution in [1.82, 2.24) is 19.9 Å². The van der Waals surface area contributed by atoms with Crippen LogP contribution in [-0.4, -0.2) is 39.5 Å². The van der Waals surface area contributed by atoms with Gasteiger partial charge in [0.25, 0.3) is 0 Å². The lowest BCUT2D eigenvalue weighted by Crippen LogP contribution is -2.26. The van der Waals surface area contributed by atoms with Crippen molar-refractivity contribution in [1.29, 1.82) is 0 Å². The van der Waals surface area contributed by atoms with Crippen molar-refractivity contribution in [2.24, 2.45) is 0 Å². The number of thiazole rings is 1. The van der Waals surface area contributed by atoms with Crippen LogP contribution >= 0.6 is 11.3 Å². The van der Waals surface area contributed by atoms with E-state index in [1.165, 1.54) is 10.6 Å².